The number of methoxy groups -OCH3 is 1. The number of carbonyl (C=O) groups is 2. The van der Waals surface area contributed by atoms with Gasteiger partial charge >= 0.3 is 5.97 Å². The predicted molar refractivity (Wildman–Crippen MR) is 175 cm³/mol. The van der Waals surface area contributed by atoms with Crippen molar-refractivity contribution >= 4 is 80.1 Å². The van der Waals surface area contributed by atoms with Gasteiger partial charge in [-0.3, -0.25) is 9.69 Å². The molecular weight excluding hydrogens is 682 g/mol. The minimum Gasteiger partial charge on any atom is -0.465 e. The van der Waals surface area contributed by atoms with E-state index >= 15 is 0 Å². The van der Waals surface area contributed by atoms with Crippen LogP contribution in [0.4, 0.5) is 5.69 Å². The molecule has 0 unspecified atom stereocenters. The lowest BCUT2D eigenvalue weighted by Crippen LogP contribution is -2.30. The predicted octanol–water partition coefficient (Wildman–Crippen LogP) is 8.16. The van der Waals surface area contributed by atoms with E-state index in [0.717, 1.165) is 0 Å². The average molecular weight is 706 g/mol. The average Bonchev–Trinajstić information content (AvgIpc) is 3.55. The molecule has 8 nitrogen and oxygen atoms in total. The molecule has 0 bridgehead atoms. The third kappa shape index (κ3) is 6.99. The Hall–Kier alpha value is -3.57. The van der Waals surface area contributed by atoms with E-state index in [9.17, 15) is 18.0 Å². The molecule has 1 aromatic heterocycles. The van der Waals surface area contributed by atoms with Gasteiger partial charge in [-0.25, -0.2) is 13.2 Å². The summed E-state index contributed by atoms with van der Waals surface area (Å²) in [6.45, 7) is 1.41. The highest BCUT2D eigenvalue weighted by Crippen LogP contribution is 2.36. The third-order valence-electron chi connectivity index (χ3n) is 6.97. The summed E-state index contributed by atoms with van der Waals surface area (Å²) >= 11 is 24.3. The number of benzene rings is 3. The highest BCUT2D eigenvalue weighted by atomic mass is 35.5. The number of anilines is 1. The molecule has 0 aliphatic carbocycles. The van der Waals surface area contributed by atoms with Crippen molar-refractivity contribution in [3.05, 3.63) is 133 Å². The van der Waals surface area contributed by atoms with E-state index in [0.29, 0.717) is 32.0 Å². The summed E-state index contributed by atoms with van der Waals surface area (Å²) in [6, 6.07) is 20.4. The highest BCUT2D eigenvalue weighted by molar-refractivity contribution is 7.89. The molecule has 4 aromatic rings. The van der Waals surface area contributed by atoms with Crippen LogP contribution in [0.25, 0.3) is 6.08 Å². The number of hydrogen-bond donors (Lipinski definition) is 0. The SMILES string of the molecule is COC(=O)C1=C(C)N(c2ccc(Cl)cc2)C(=O)/C1=C/c1ccc(CN(Cc2ccc(Cl)c(Cl)c2)S(=O)(=O)c2ccc(Cl)cc2)o1. The second kappa shape index (κ2) is 13.4. The molecule has 1 amide bonds. The number of sulfonamides is 1. The number of hydrogen-bond acceptors (Lipinski definition) is 6. The number of amides is 1. The van der Waals surface area contributed by atoms with Gasteiger partial charge in [-0.2, -0.15) is 4.31 Å². The fourth-order valence-electron chi connectivity index (χ4n) is 4.78. The lowest BCUT2D eigenvalue weighted by atomic mass is 10.1. The van der Waals surface area contributed by atoms with E-state index in [2.05, 4.69) is 0 Å². The number of furan rings is 1. The molecule has 0 saturated carbocycles. The van der Waals surface area contributed by atoms with Gasteiger partial charge in [-0.1, -0.05) is 52.5 Å². The van der Waals surface area contributed by atoms with Crippen molar-refractivity contribution in [3.8, 4) is 0 Å². The van der Waals surface area contributed by atoms with E-state index in [1.54, 1.807) is 61.5 Å². The first kappa shape index (κ1) is 32.8. The number of nitrogens with zero attached hydrogens (tertiary/aromatic N) is 2. The van der Waals surface area contributed by atoms with Crippen molar-refractivity contribution in [2.24, 2.45) is 0 Å². The van der Waals surface area contributed by atoms with Crippen LogP contribution in [0.3, 0.4) is 0 Å². The molecule has 1 aliphatic rings. The van der Waals surface area contributed by atoms with Crippen LogP contribution in [0.2, 0.25) is 20.1 Å². The van der Waals surface area contributed by atoms with Gasteiger partial charge in [0.2, 0.25) is 10.0 Å². The van der Waals surface area contributed by atoms with Gasteiger partial charge in [-0.05, 0) is 91.4 Å². The molecule has 13 heteroatoms. The molecule has 0 fully saturated rings. The first-order valence-corrected chi connectivity index (χ1v) is 16.2. The lowest BCUT2D eigenvalue weighted by molar-refractivity contribution is -0.136. The van der Waals surface area contributed by atoms with Crippen LogP contribution >= 0.6 is 46.4 Å². The quantitative estimate of drug-likeness (QED) is 0.129. The molecule has 0 radical (unpaired) electrons. The molecule has 0 spiro atoms. The van der Waals surface area contributed by atoms with Gasteiger partial charge in [0, 0.05) is 28.0 Å². The van der Waals surface area contributed by atoms with Crippen molar-refractivity contribution in [1.29, 1.82) is 0 Å². The summed E-state index contributed by atoms with van der Waals surface area (Å²) in [7, 11) is -2.82. The maximum Gasteiger partial charge on any atom is 0.340 e. The first-order chi connectivity index (χ1) is 21.4. The van der Waals surface area contributed by atoms with Crippen LogP contribution in [-0.4, -0.2) is 31.7 Å². The summed E-state index contributed by atoms with van der Waals surface area (Å²) in [5, 5.41) is 1.50. The molecular formula is C32H24Cl4N2O6S. The van der Waals surface area contributed by atoms with Crippen molar-refractivity contribution in [2.45, 2.75) is 24.9 Å². The largest absolute Gasteiger partial charge is 0.465 e. The Morgan fingerprint density at radius 2 is 1.53 bits per heavy atom. The van der Waals surface area contributed by atoms with Gasteiger partial charge in [0.1, 0.15) is 11.5 Å². The second-order valence-electron chi connectivity index (χ2n) is 9.91. The molecule has 45 heavy (non-hydrogen) atoms. The number of allylic oxidation sites excluding steroid dienone is 1. The minimum absolute atomic E-state index is 0.0306. The number of rotatable bonds is 9. The summed E-state index contributed by atoms with van der Waals surface area (Å²) in [5.74, 6) is -0.671. The molecule has 0 N–H and O–H groups in total. The molecule has 3 aromatic carbocycles. The van der Waals surface area contributed by atoms with Crippen LogP contribution in [0, 0.1) is 0 Å². The zero-order valence-corrected chi connectivity index (χ0v) is 27.6. The Morgan fingerprint density at radius 3 is 2.16 bits per heavy atom. The summed E-state index contributed by atoms with van der Waals surface area (Å²) in [6.07, 6.45) is 1.43. The van der Waals surface area contributed by atoms with Gasteiger partial charge in [0.25, 0.3) is 5.91 Å². The third-order valence-corrected chi connectivity index (χ3v) is 10.0. The molecule has 0 saturated heterocycles. The van der Waals surface area contributed by atoms with Crippen molar-refractivity contribution in [2.75, 3.05) is 12.0 Å². The first-order valence-electron chi connectivity index (χ1n) is 13.3. The van der Waals surface area contributed by atoms with Crippen LogP contribution in [0.5, 0.6) is 0 Å². The lowest BCUT2D eigenvalue weighted by Gasteiger charge is -2.22. The Labute approximate surface area is 280 Å². The van der Waals surface area contributed by atoms with E-state index in [1.165, 1.54) is 46.7 Å². The Bertz CT molecular complexity index is 1950. The number of halogens is 4. The smallest absolute Gasteiger partial charge is 0.340 e. The Balaban J connectivity index is 1.49. The maximum atomic E-state index is 13.8. The fourth-order valence-corrected chi connectivity index (χ4v) is 6.74. The van der Waals surface area contributed by atoms with Crippen molar-refractivity contribution in [3.63, 3.8) is 0 Å². The molecule has 1 aliphatic heterocycles. The maximum absolute atomic E-state index is 13.8. The van der Waals surface area contributed by atoms with E-state index in [4.69, 9.17) is 55.6 Å². The van der Waals surface area contributed by atoms with E-state index in [1.807, 2.05) is 0 Å². The normalized spacial score (nSPS) is 14.6. The van der Waals surface area contributed by atoms with Crippen LogP contribution in [0.15, 0.2) is 105 Å². The van der Waals surface area contributed by atoms with Gasteiger partial charge in [-0.15, -0.1) is 0 Å². The van der Waals surface area contributed by atoms with Gasteiger partial charge < -0.3 is 9.15 Å². The zero-order valence-electron chi connectivity index (χ0n) is 23.8. The Kier molecular flexibility index (Phi) is 9.79. The zero-order chi connectivity index (χ0) is 32.5. The van der Waals surface area contributed by atoms with Crippen LogP contribution in [-0.2, 0) is 37.4 Å². The molecule has 0 atom stereocenters. The van der Waals surface area contributed by atoms with Gasteiger partial charge in [0.05, 0.1) is 39.7 Å². The van der Waals surface area contributed by atoms with E-state index < -0.39 is 21.9 Å². The topological polar surface area (TPSA) is 97.1 Å². The number of ether oxygens (including phenoxy) is 1. The summed E-state index contributed by atoms with van der Waals surface area (Å²) < 4.78 is 39.7. The van der Waals surface area contributed by atoms with Crippen molar-refractivity contribution in [1.82, 2.24) is 4.31 Å². The molecule has 5 rings (SSSR count). The van der Waals surface area contributed by atoms with E-state index in [-0.39, 0.29) is 45.7 Å². The second-order valence-corrected chi connectivity index (χ2v) is 13.5. The Morgan fingerprint density at radius 1 is 0.889 bits per heavy atom. The summed E-state index contributed by atoms with van der Waals surface area (Å²) in [4.78, 5) is 27.8. The van der Waals surface area contributed by atoms with Crippen molar-refractivity contribution < 1.29 is 27.2 Å². The number of carbonyl (C=O) groups excluding carboxylic acids is 2. The molecule has 232 valence electrons. The highest BCUT2D eigenvalue weighted by Gasteiger charge is 2.38. The number of esters is 1. The standard InChI is InChI=1S/C32H24Cl4N2O6S/c1-19-30(32(40)43-2)27(31(39)38(19)23-8-4-21(33)5-9-23)16-24-10-11-25(44-24)18-37(17-20-3-14-28(35)29(36)15-20)45(41,42)26-12-6-22(34)7-13-26/h3-16H,17-18H2,1-2H3/b27-16+. The monoisotopic (exact) mass is 704 g/mol. The molecule has 2 heterocycles. The van der Waals surface area contributed by atoms with Gasteiger partial charge in [0.15, 0.2) is 0 Å². The van der Waals surface area contributed by atoms with Crippen LogP contribution < -0.4 is 4.90 Å². The summed E-state index contributed by atoms with van der Waals surface area (Å²) in [5.41, 5.74) is 1.60. The minimum atomic E-state index is -4.05. The van der Waals surface area contributed by atoms with Crippen LogP contribution in [0.1, 0.15) is 24.0 Å². The fraction of sp³-hybridized carbons (Fsp3) is 0.125.